The quantitative estimate of drug-likeness (QED) is 0.0706. The number of nitrogens with zero attached hydrogens (tertiary/aromatic N) is 2. The number of ether oxygens (including phenoxy) is 9. The lowest BCUT2D eigenvalue weighted by Crippen LogP contribution is -2.69. The number of amides is 2. The van der Waals surface area contributed by atoms with Crippen molar-refractivity contribution >= 4 is 68.0 Å². The number of esters is 7. The number of nitrogens with one attached hydrogen (secondary N) is 2. The van der Waals surface area contributed by atoms with Crippen molar-refractivity contribution in [2.75, 3.05) is 32.2 Å². The first-order valence-corrected chi connectivity index (χ1v) is 20.5. The fourth-order valence-corrected chi connectivity index (χ4v) is 7.63. The van der Waals surface area contributed by atoms with Gasteiger partial charge in [0.25, 0.3) is 5.79 Å². The standard InChI is InChI=1S/C38H51N4O22P/c1-11-14-55-65(56-17-28-32(60-24(8)49)34(61-25(9)50)35(62-28)42-13-12-29(39-18(2)43)41-37(42)52)64-38(36(51)53-10)15-26(57-21(5)46)30(40-19(3)44)33(63-38)31(59-23(7)48)27(58-22(6)47)16-54-20(4)45/h11-13,26-28,30-35H,1,14-17H2,2-10H3,(H,40,44)(H,39,41,43,52)/t26-,27+,28+,30+,31+,32+,33+,34+,35+,38+,65?/m0/s1. The number of hydrogen-bond donors (Lipinski definition) is 2. The Hall–Kier alpha value is -5.92. The maximum absolute atomic E-state index is 14.0. The first-order valence-electron chi connectivity index (χ1n) is 19.4. The first kappa shape index (κ1) is 53.4. The van der Waals surface area contributed by atoms with Crippen molar-refractivity contribution in [3.63, 3.8) is 0 Å². The van der Waals surface area contributed by atoms with Crippen LogP contribution in [0.15, 0.2) is 29.7 Å². The Balaban J connectivity index is 2.18. The summed E-state index contributed by atoms with van der Waals surface area (Å²) in [4.78, 5) is 130. The molecule has 2 amide bonds. The lowest BCUT2D eigenvalue weighted by molar-refractivity contribution is -0.291. The highest BCUT2D eigenvalue weighted by Gasteiger charge is 2.61. The van der Waals surface area contributed by atoms with Crippen LogP contribution in [0.1, 0.15) is 68.0 Å². The maximum atomic E-state index is 14.0. The molecule has 27 heteroatoms. The molecule has 0 aliphatic carbocycles. The molecule has 3 heterocycles. The third kappa shape index (κ3) is 15.6. The van der Waals surface area contributed by atoms with Crippen molar-refractivity contribution in [3.05, 3.63) is 35.4 Å². The van der Waals surface area contributed by atoms with E-state index in [9.17, 15) is 47.9 Å². The van der Waals surface area contributed by atoms with Crippen molar-refractivity contribution in [2.24, 2.45) is 0 Å². The Morgan fingerprint density at radius 2 is 1.51 bits per heavy atom. The zero-order chi connectivity index (χ0) is 48.8. The zero-order valence-corrected chi connectivity index (χ0v) is 37.7. The first-order chi connectivity index (χ1) is 30.5. The summed E-state index contributed by atoms with van der Waals surface area (Å²) in [6.45, 7) is 10.1. The molecule has 2 saturated heterocycles. The molecule has 0 saturated carbocycles. The van der Waals surface area contributed by atoms with Gasteiger partial charge in [-0.25, -0.2) is 9.59 Å². The molecule has 2 fully saturated rings. The smallest absolute Gasteiger partial charge is 0.367 e. The van der Waals surface area contributed by atoms with E-state index in [0.717, 1.165) is 60.1 Å². The van der Waals surface area contributed by atoms with Crippen LogP contribution >= 0.6 is 8.60 Å². The van der Waals surface area contributed by atoms with Gasteiger partial charge in [0.2, 0.25) is 11.8 Å². The minimum absolute atomic E-state index is 0.115. The molecule has 1 unspecified atom stereocenters. The highest BCUT2D eigenvalue weighted by Crippen LogP contribution is 2.50. The average molecular weight is 947 g/mol. The van der Waals surface area contributed by atoms with E-state index in [4.69, 9.17) is 56.2 Å². The van der Waals surface area contributed by atoms with Gasteiger partial charge in [0.1, 0.15) is 30.7 Å². The molecule has 1 aromatic heterocycles. The van der Waals surface area contributed by atoms with Crippen LogP contribution in [-0.2, 0) is 99.4 Å². The Labute approximate surface area is 372 Å². The summed E-state index contributed by atoms with van der Waals surface area (Å²) >= 11 is 0. The Kier molecular flexibility index (Phi) is 20.0. The molecule has 2 aliphatic heterocycles. The Morgan fingerprint density at radius 3 is 2.03 bits per heavy atom. The number of carbonyl (C=O) groups excluding carboxylic acids is 9. The van der Waals surface area contributed by atoms with E-state index in [1.54, 1.807) is 0 Å². The van der Waals surface area contributed by atoms with Crippen LogP contribution in [0.4, 0.5) is 5.82 Å². The second kappa shape index (κ2) is 24.4. The molecule has 65 heavy (non-hydrogen) atoms. The predicted octanol–water partition coefficient (Wildman–Crippen LogP) is -0.0537. The van der Waals surface area contributed by atoms with Crippen LogP contribution in [0.2, 0.25) is 0 Å². The molecular formula is C38H51N4O22P. The van der Waals surface area contributed by atoms with Gasteiger partial charge in [-0.15, -0.1) is 6.58 Å². The summed E-state index contributed by atoms with van der Waals surface area (Å²) in [5.74, 6) is -11.1. The van der Waals surface area contributed by atoms with E-state index in [-0.39, 0.29) is 12.4 Å². The van der Waals surface area contributed by atoms with Crippen LogP contribution < -0.4 is 16.3 Å². The predicted molar refractivity (Wildman–Crippen MR) is 213 cm³/mol. The van der Waals surface area contributed by atoms with E-state index in [1.807, 2.05) is 0 Å². The van der Waals surface area contributed by atoms with E-state index in [1.165, 1.54) is 25.3 Å². The van der Waals surface area contributed by atoms with Crippen LogP contribution in [0, 0.1) is 0 Å². The third-order valence-electron chi connectivity index (χ3n) is 8.66. The molecule has 2 aliphatic rings. The summed E-state index contributed by atoms with van der Waals surface area (Å²) in [6.07, 6.45) is -11.4. The molecule has 1 aromatic rings. The van der Waals surface area contributed by atoms with Crippen molar-refractivity contribution < 1.29 is 99.4 Å². The monoisotopic (exact) mass is 946 g/mol. The zero-order valence-electron chi connectivity index (χ0n) is 36.8. The van der Waals surface area contributed by atoms with Crippen LogP contribution in [0.25, 0.3) is 0 Å². The number of methoxy groups -OCH3 is 1. The fourth-order valence-electron chi connectivity index (χ4n) is 6.52. The van der Waals surface area contributed by atoms with E-state index >= 15 is 0 Å². The Morgan fingerprint density at radius 1 is 0.877 bits per heavy atom. The molecule has 0 radical (unpaired) electrons. The molecule has 0 bridgehead atoms. The van der Waals surface area contributed by atoms with E-state index in [0.29, 0.717) is 0 Å². The number of rotatable bonds is 21. The highest BCUT2D eigenvalue weighted by molar-refractivity contribution is 7.41. The summed E-state index contributed by atoms with van der Waals surface area (Å²) in [5, 5.41) is 4.88. The molecule has 0 aromatic carbocycles. The van der Waals surface area contributed by atoms with E-state index < -0.39 is 148 Å². The number of hydrogen-bond acceptors (Lipinski definition) is 23. The summed E-state index contributed by atoms with van der Waals surface area (Å²) < 4.78 is 68.9. The molecular weight excluding hydrogens is 895 g/mol. The Bertz CT molecular complexity index is 2010. The van der Waals surface area contributed by atoms with Crippen LogP contribution in [-0.4, -0.2) is 145 Å². The minimum atomic E-state index is -2.96. The molecule has 2 N–H and O–H groups in total. The van der Waals surface area contributed by atoms with Gasteiger partial charge in [0.15, 0.2) is 30.6 Å². The lowest BCUT2D eigenvalue weighted by Gasteiger charge is -2.48. The largest absolute Gasteiger partial charge is 0.465 e. The van der Waals surface area contributed by atoms with Gasteiger partial charge >= 0.3 is 56.1 Å². The average Bonchev–Trinajstić information content (AvgIpc) is 3.50. The molecule has 0 spiro atoms. The second-order valence-electron chi connectivity index (χ2n) is 14.0. The van der Waals surface area contributed by atoms with Gasteiger partial charge in [-0.1, -0.05) is 6.08 Å². The van der Waals surface area contributed by atoms with Crippen LogP contribution in [0.3, 0.4) is 0 Å². The number of anilines is 1. The van der Waals surface area contributed by atoms with E-state index in [2.05, 4.69) is 22.2 Å². The molecule has 360 valence electrons. The number of aromatic nitrogens is 2. The lowest BCUT2D eigenvalue weighted by atomic mass is 9.88. The van der Waals surface area contributed by atoms with Crippen molar-refractivity contribution in [3.8, 4) is 0 Å². The van der Waals surface area contributed by atoms with Gasteiger partial charge < -0.3 is 62.3 Å². The van der Waals surface area contributed by atoms with Gasteiger partial charge in [0.05, 0.1) is 32.8 Å². The minimum Gasteiger partial charge on any atom is -0.465 e. The van der Waals surface area contributed by atoms with Crippen molar-refractivity contribution in [1.82, 2.24) is 14.9 Å². The molecule has 26 nitrogen and oxygen atoms in total. The van der Waals surface area contributed by atoms with Crippen molar-refractivity contribution in [1.29, 1.82) is 0 Å². The van der Waals surface area contributed by atoms with Gasteiger partial charge in [-0.3, -0.25) is 47.4 Å². The summed E-state index contributed by atoms with van der Waals surface area (Å²) in [5.41, 5.74) is -0.985. The van der Waals surface area contributed by atoms with Crippen LogP contribution in [0.5, 0.6) is 0 Å². The molecule has 3 rings (SSSR count). The summed E-state index contributed by atoms with van der Waals surface area (Å²) in [6, 6.07) is -0.284. The van der Waals surface area contributed by atoms with Crippen molar-refractivity contribution in [2.45, 2.75) is 123 Å². The van der Waals surface area contributed by atoms with Gasteiger partial charge in [-0.2, -0.15) is 4.98 Å². The maximum Gasteiger partial charge on any atom is 0.367 e. The normalized spacial score (nSPS) is 25.0. The summed E-state index contributed by atoms with van der Waals surface area (Å²) in [7, 11) is -2.03. The second-order valence-corrected chi connectivity index (χ2v) is 15.2. The fraction of sp³-hybridized carbons (Fsp3) is 0.605. The SMILES string of the molecule is C=CCOP(OC[C@H]1O[C@@H](n2ccc(NC(C)=O)nc2=O)[C@H](OC(C)=O)[C@@H]1OC(C)=O)O[C@@]1(C(=O)OC)C[C@H](OC(C)=O)[C@@H](NC(C)=O)[C@H]([C@H](OC(C)=O)[C@@H](COC(C)=O)OC(C)=O)O1. The topological polar surface area (TPSA) is 323 Å². The molecule has 11 atom stereocenters. The van der Waals surface area contributed by atoms with Gasteiger partial charge in [-0.05, 0) is 6.07 Å². The third-order valence-corrected chi connectivity index (χ3v) is 9.82. The number of carbonyl (C=O) groups is 9. The highest BCUT2D eigenvalue weighted by atomic mass is 31.2. The van der Waals surface area contributed by atoms with Gasteiger partial charge in [0, 0.05) is 61.6 Å².